The first-order valence-corrected chi connectivity index (χ1v) is 10.3. The van der Waals surface area contributed by atoms with Crippen LogP contribution in [-0.2, 0) is 23.9 Å². The fourth-order valence-electron chi connectivity index (χ4n) is 5.13. The van der Waals surface area contributed by atoms with Crippen molar-refractivity contribution in [2.75, 3.05) is 18.5 Å². The van der Waals surface area contributed by atoms with Crippen LogP contribution in [0.25, 0.3) is 0 Å². The Bertz CT molecular complexity index is 898. The number of carbonyl (C=O) groups is 5. The molecule has 4 atom stereocenters. The third-order valence-electron chi connectivity index (χ3n) is 6.48. The van der Waals surface area contributed by atoms with E-state index in [1.165, 1.54) is 17.9 Å². The molecule has 0 radical (unpaired) electrons. The van der Waals surface area contributed by atoms with Crippen LogP contribution >= 0.6 is 0 Å². The Hall–Kier alpha value is -3.03. The minimum absolute atomic E-state index is 0.00871. The van der Waals surface area contributed by atoms with Crippen molar-refractivity contribution < 1.29 is 28.7 Å². The molecule has 1 N–H and O–H groups in total. The van der Waals surface area contributed by atoms with Crippen LogP contribution in [0, 0.1) is 23.7 Å². The number of hydrogen-bond acceptors (Lipinski definition) is 6. The Labute approximate surface area is 173 Å². The van der Waals surface area contributed by atoms with Crippen LogP contribution < -0.4 is 5.32 Å². The molecule has 0 aromatic heterocycles. The van der Waals surface area contributed by atoms with Crippen molar-refractivity contribution in [3.05, 3.63) is 29.8 Å². The fraction of sp³-hybridized carbons (Fsp3) is 0.500. The van der Waals surface area contributed by atoms with Gasteiger partial charge in [0, 0.05) is 17.8 Å². The highest BCUT2D eigenvalue weighted by molar-refractivity contribution is 6.06. The molecule has 3 aliphatic rings. The number of likely N-dealkylation sites (tertiary alicyclic amines) is 1. The highest BCUT2D eigenvalue weighted by Gasteiger charge is 2.60. The molecule has 3 amide bonds. The smallest absolute Gasteiger partial charge is 0.308 e. The van der Waals surface area contributed by atoms with E-state index in [2.05, 4.69) is 5.32 Å². The number of carbonyl (C=O) groups excluding carboxylic acids is 5. The van der Waals surface area contributed by atoms with Crippen molar-refractivity contribution in [2.24, 2.45) is 23.7 Å². The summed E-state index contributed by atoms with van der Waals surface area (Å²) in [5, 5.41) is 2.56. The average Bonchev–Trinajstić information content (AvgIpc) is 3.39. The number of anilines is 1. The molecule has 2 bridgehead atoms. The second-order valence-electron chi connectivity index (χ2n) is 8.31. The maximum absolute atomic E-state index is 12.6. The Morgan fingerprint density at radius 1 is 1.10 bits per heavy atom. The van der Waals surface area contributed by atoms with E-state index in [-0.39, 0.29) is 42.4 Å². The van der Waals surface area contributed by atoms with E-state index in [9.17, 15) is 24.0 Å². The van der Waals surface area contributed by atoms with Crippen LogP contribution in [-0.4, -0.2) is 47.5 Å². The molecule has 8 heteroatoms. The van der Waals surface area contributed by atoms with Crippen LogP contribution in [0.15, 0.2) is 24.3 Å². The van der Waals surface area contributed by atoms with Crippen LogP contribution in [0.5, 0.6) is 0 Å². The first-order valence-electron chi connectivity index (χ1n) is 10.3. The van der Waals surface area contributed by atoms with Gasteiger partial charge >= 0.3 is 5.97 Å². The summed E-state index contributed by atoms with van der Waals surface area (Å²) in [6, 6.07) is 6.44. The van der Waals surface area contributed by atoms with Crippen molar-refractivity contribution in [1.82, 2.24) is 4.90 Å². The molecule has 2 aliphatic carbocycles. The number of amides is 3. The molecule has 0 unspecified atom stereocenters. The minimum atomic E-state index is -0.650. The zero-order chi connectivity index (χ0) is 21.4. The van der Waals surface area contributed by atoms with Crippen molar-refractivity contribution in [3.8, 4) is 0 Å². The second kappa shape index (κ2) is 8.01. The zero-order valence-electron chi connectivity index (χ0n) is 16.8. The van der Waals surface area contributed by atoms with Gasteiger partial charge in [0.2, 0.25) is 11.8 Å². The van der Waals surface area contributed by atoms with Crippen LogP contribution in [0.4, 0.5) is 5.69 Å². The van der Waals surface area contributed by atoms with Crippen molar-refractivity contribution in [1.29, 1.82) is 0 Å². The van der Waals surface area contributed by atoms with Gasteiger partial charge in [0.1, 0.15) is 0 Å². The number of benzene rings is 1. The zero-order valence-corrected chi connectivity index (χ0v) is 16.8. The summed E-state index contributed by atoms with van der Waals surface area (Å²) in [5.41, 5.74) is 0.890. The Kier molecular flexibility index (Phi) is 5.40. The molecule has 158 valence electrons. The van der Waals surface area contributed by atoms with Gasteiger partial charge in [0.05, 0.1) is 18.3 Å². The summed E-state index contributed by atoms with van der Waals surface area (Å²) in [6.45, 7) is 0.933. The van der Waals surface area contributed by atoms with E-state index in [4.69, 9.17) is 4.74 Å². The lowest BCUT2D eigenvalue weighted by atomic mass is 9.81. The Morgan fingerprint density at radius 3 is 2.40 bits per heavy atom. The van der Waals surface area contributed by atoms with Gasteiger partial charge in [-0.1, -0.05) is 12.1 Å². The molecule has 3 fully saturated rings. The number of nitrogens with one attached hydrogen (secondary N) is 1. The standard InChI is InChI=1S/C22H24N2O6/c1-12(25)13-3-2-4-16(10-13)23-17(26)11-30-18(27)7-8-24-21(28)19-14-5-6-15(9-14)20(19)22(24)29/h2-4,10,14-15,19-20H,5-9,11H2,1H3,(H,23,26)/t14-,15-,19-,20-/m0/s1. The molecule has 30 heavy (non-hydrogen) atoms. The number of nitrogens with zero attached hydrogens (tertiary/aromatic N) is 1. The predicted molar refractivity (Wildman–Crippen MR) is 105 cm³/mol. The summed E-state index contributed by atoms with van der Waals surface area (Å²) in [6.07, 6.45) is 2.84. The number of hydrogen-bond donors (Lipinski definition) is 1. The molecular formula is C22H24N2O6. The highest BCUT2D eigenvalue weighted by atomic mass is 16.5. The number of rotatable bonds is 7. The molecule has 1 aliphatic heterocycles. The molecule has 1 saturated heterocycles. The van der Waals surface area contributed by atoms with Gasteiger partial charge in [0.25, 0.3) is 5.91 Å². The minimum Gasteiger partial charge on any atom is -0.456 e. The predicted octanol–water partition coefficient (Wildman–Crippen LogP) is 1.79. The lowest BCUT2D eigenvalue weighted by Gasteiger charge is -2.19. The number of Topliss-reactive ketones (excluding diaryl/α,β-unsaturated/α-hetero) is 1. The lowest BCUT2D eigenvalue weighted by Crippen LogP contribution is -2.35. The second-order valence-corrected chi connectivity index (χ2v) is 8.31. The van der Waals surface area contributed by atoms with Gasteiger partial charge in [-0.05, 0) is 50.2 Å². The Balaban J connectivity index is 1.23. The van der Waals surface area contributed by atoms with Gasteiger partial charge in [-0.15, -0.1) is 0 Å². The molecule has 1 aromatic rings. The maximum Gasteiger partial charge on any atom is 0.308 e. The number of ketones is 1. The highest BCUT2D eigenvalue weighted by Crippen LogP contribution is 2.56. The number of ether oxygens (including phenoxy) is 1. The largest absolute Gasteiger partial charge is 0.456 e. The van der Waals surface area contributed by atoms with Gasteiger partial charge in [-0.25, -0.2) is 0 Å². The first kappa shape index (κ1) is 20.3. The van der Waals surface area contributed by atoms with Crippen molar-refractivity contribution in [3.63, 3.8) is 0 Å². The number of esters is 1. The topological polar surface area (TPSA) is 110 Å². The van der Waals surface area contributed by atoms with Gasteiger partial charge in [-0.3, -0.25) is 28.9 Å². The molecular weight excluding hydrogens is 388 g/mol. The van der Waals surface area contributed by atoms with Crippen LogP contribution in [0.3, 0.4) is 0 Å². The summed E-state index contributed by atoms with van der Waals surface area (Å²) < 4.78 is 4.97. The van der Waals surface area contributed by atoms with E-state index >= 15 is 0 Å². The van der Waals surface area contributed by atoms with E-state index < -0.39 is 18.5 Å². The number of fused-ring (bicyclic) bond motifs is 5. The third-order valence-corrected chi connectivity index (χ3v) is 6.48. The molecule has 2 saturated carbocycles. The summed E-state index contributed by atoms with van der Waals surface area (Å²) in [7, 11) is 0. The van der Waals surface area contributed by atoms with Crippen LogP contribution in [0.1, 0.15) is 43.0 Å². The maximum atomic E-state index is 12.6. The third kappa shape index (κ3) is 3.74. The first-order chi connectivity index (χ1) is 14.3. The van der Waals surface area contributed by atoms with E-state index in [0.29, 0.717) is 23.1 Å². The quantitative estimate of drug-likeness (QED) is 0.415. The van der Waals surface area contributed by atoms with Crippen molar-refractivity contribution >= 4 is 35.2 Å². The molecule has 0 spiro atoms. The van der Waals surface area contributed by atoms with Gasteiger partial charge in [-0.2, -0.15) is 0 Å². The van der Waals surface area contributed by atoms with E-state index in [0.717, 1.165) is 19.3 Å². The normalized spacial score (nSPS) is 26.6. The molecule has 1 aromatic carbocycles. The monoisotopic (exact) mass is 412 g/mol. The van der Waals surface area contributed by atoms with Gasteiger partial charge in [0.15, 0.2) is 12.4 Å². The van der Waals surface area contributed by atoms with Crippen LogP contribution in [0.2, 0.25) is 0 Å². The summed E-state index contributed by atoms with van der Waals surface area (Å²) in [4.78, 5) is 61.8. The number of imide groups is 1. The molecule has 1 heterocycles. The van der Waals surface area contributed by atoms with Crippen molar-refractivity contribution in [2.45, 2.75) is 32.6 Å². The Morgan fingerprint density at radius 2 is 1.77 bits per heavy atom. The average molecular weight is 412 g/mol. The SMILES string of the molecule is CC(=O)c1cccc(NC(=O)COC(=O)CCN2C(=O)[C@H]3[C@H]4CC[C@@H](C4)[C@@H]3C2=O)c1. The fourth-order valence-corrected chi connectivity index (χ4v) is 5.13. The summed E-state index contributed by atoms with van der Waals surface area (Å²) >= 11 is 0. The van der Waals surface area contributed by atoms with E-state index in [1.54, 1.807) is 18.2 Å². The van der Waals surface area contributed by atoms with Gasteiger partial charge < -0.3 is 10.1 Å². The molecule has 8 nitrogen and oxygen atoms in total. The molecule has 4 rings (SSSR count). The van der Waals surface area contributed by atoms with E-state index in [1.807, 2.05) is 0 Å². The summed E-state index contributed by atoms with van der Waals surface area (Å²) in [5.74, 6) is -1.43. The lowest BCUT2D eigenvalue weighted by molar-refractivity contribution is -0.149.